The Kier molecular flexibility index (Phi) is 4.50. The lowest BCUT2D eigenvalue weighted by Crippen LogP contribution is -2.13. The monoisotopic (exact) mass is 391 g/mol. The number of carbonyl (C=O) groups excluding carboxylic acids is 1. The number of para-hydroxylation sites is 2. The van der Waals surface area contributed by atoms with Crippen molar-refractivity contribution in [3.05, 3.63) is 97.0 Å². The van der Waals surface area contributed by atoms with E-state index in [1.807, 2.05) is 60.7 Å². The molecule has 144 valence electrons. The van der Waals surface area contributed by atoms with Gasteiger partial charge in [-0.15, -0.1) is 0 Å². The van der Waals surface area contributed by atoms with Crippen molar-refractivity contribution in [2.24, 2.45) is 0 Å². The number of fused-ring (bicyclic) bond motifs is 2. The van der Waals surface area contributed by atoms with Crippen molar-refractivity contribution in [1.29, 1.82) is 0 Å². The summed E-state index contributed by atoms with van der Waals surface area (Å²) in [5.41, 5.74) is 3.61. The maximum Gasteiger partial charge on any atom is 0.257 e. The number of hydrogen-bond donors (Lipinski definition) is 2. The van der Waals surface area contributed by atoms with Crippen molar-refractivity contribution in [2.75, 3.05) is 10.6 Å². The molecule has 0 saturated carbocycles. The summed E-state index contributed by atoms with van der Waals surface area (Å²) in [6, 6.07) is 22.9. The van der Waals surface area contributed by atoms with Crippen LogP contribution < -0.4 is 10.6 Å². The number of benzene rings is 2. The minimum atomic E-state index is -0.237. The SMILES string of the molecule is O=C(Nc1cccc2cccnc12)c1ccc(Nc2cccc3cccnc23)nc1. The fourth-order valence-corrected chi connectivity index (χ4v) is 3.34. The van der Waals surface area contributed by atoms with Crippen LogP contribution in [0.3, 0.4) is 0 Å². The molecule has 1 amide bonds. The van der Waals surface area contributed by atoms with Gasteiger partial charge in [-0.1, -0.05) is 36.4 Å². The summed E-state index contributed by atoms with van der Waals surface area (Å²) in [6.45, 7) is 0. The smallest absolute Gasteiger partial charge is 0.257 e. The van der Waals surface area contributed by atoms with Gasteiger partial charge in [0.2, 0.25) is 0 Å². The van der Waals surface area contributed by atoms with E-state index in [1.54, 1.807) is 30.7 Å². The van der Waals surface area contributed by atoms with Gasteiger partial charge in [0, 0.05) is 29.4 Å². The molecule has 0 radical (unpaired) electrons. The molecule has 0 unspecified atom stereocenters. The van der Waals surface area contributed by atoms with Crippen molar-refractivity contribution in [3.8, 4) is 0 Å². The minimum absolute atomic E-state index is 0.237. The van der Waals surface area contributed by atoms with E-state index in [4.69, 9.17) is 0 Å². The fourth-order valence-electron chi connectivity index (χ4n) is 3.34. The summed E-state index contributed by atoms with van der Waals surface area (Å²) < 4.78 is 0. The highest BCUT2D eigenvalue weighted by Crippen LogP contribution is 2.24. The molecule has 0 fully saturated rings. The van der Waals surface area contributed by atoms with Crippen molar-refractivity contribution in [3.63, 3.8) is 0 Å². The normalized spacial score (nSPS) is 10.8. The van der Waals surface area contributed by atoms with Gasteiger partial charge in [-0.2, -0.15) is 0 Å². The highest BCUT2D eigenvalue weighted by Gasteiger charge is 2.10. The first-order valence-electron chi connectivity index (χ1n) is 9.50. The van der Waals surface area contributed by atoms with E-state index >= 15 is 0 Å². The minimum Gasteiger partial charge on any atom is -0.338 e. The molecule has 3 aromatic heterocycles. The molecule has 5 aromatic rings. The molecule has 3 heterocycles. The van der Waals surface area contributed by atoms with E-state index in [1.165, 1.54) is 0 Å². The molecule has 0 aliphatic carbocycles. The van der Waals surface area contributed by atoms with Gasteiger partial charge in [0.25, 0.3) is 5.91 Å². The molecule has 0 aliphatic heterocycles. The Morgan fingerprint density at radius 2 is 1.30 bits per heavy atom. The molecule has 5 rings (SSSR count). The van der Waals surface area contributed by atoms with Crippen molar-refractivity contribution in [2.45, 2.75) is 0 Å². The van der Waals surface area contributed by atoms with Gasteiger partial charge in [-0.05, 0) is 36.4 Å². The molecular weight excluding hydrogens is 374 g/mol. The van der Waals surface area contributed by atoms with Crippen LogP contribution in [-0.4, -0.2) is 20.9 Å². The Morgan fingerprint density at radius 3 is 1.97 bits per heavy atom. The molecule has 0 bridgehead atoms. The third-order valence-corrected chi connectivity index (χ3v) is 4.80. The molecule has 0 spiro atoms. The number of rotatable bonds is 4. The van der Waals surface area contributed by atoms with Gasteiger partial charge in [-0.3, -0.25) is 14.8 Å². The number of carbonyl (C=O) groups is 1. The molecule has 6 heteroatoms. The fraction of sp³-hybridized carbons (Fsp3) is 0. The van der Waals surface area contributed by atoms with Gasteiger partial charge >= 0.3 is 0 Å². The highest BCUT2D eigenvalue weighted by atomic mass is 16.1. The largest absolute Gasteiger partial charge is 0.338 e. The molecule has 0 aliphatic rings. The topological polar surface area (TPSA) is 79.8 Å². The van der Waals surface area contributed by atoms with Crippen LogP contribution in [0, 0.1) is 0 Å². The Labute approximate surface area is 172 Å². The van der Waals surface area contributed by atoms with Crippen LogP contribution in [0.25, 0.3) is 21.8 Å². The lowest BCUT2D eigenvalue weighted by molar-refractivity contribution is 0.102. The maximum atomic E-state index is 12.7. The van der Waals surface area contributed by atoms with Crippen molar-refractivity contribution in [1.82, 2.24) is 15.0 Å². The van der Waals surface area contributed by atoms with Crippen LogP contribution in [-0.2, 0) is 0 Å². The maximum absolute atomic E-state index is 12.7. The van der Waals surface area contributed by atoms with Crippen LogP contribution >= 0.6 is 0 Å². The number of anilines is 3. The van der Waals surface area contributed by atoms with E-state index in [9.17, 15) is 4.79 Å². The van der Waals surface area contributed by atoms with E-state index in [0.29, 0.717) is 17.1 Å². The van der Waals surface area contributed by atoms with Crippen LogP contribution in [0.2, 0.25) is 0 Å². The van der Waals surface area contributed by atoms with Gasteiger partial charge < -0.3 is 10.6 Å². The molecule has 0 atom stereocenters. The van der Waals surface area contributed by atoms with Crippen LogP contribution in [0.15, 0.2) is 91.4 Å². The third-order valence-electron chi connectivity index (χ3n) is 4.80. The van der Waals surface area contributed by atoms with Crippen LogP contribution in [0.5, 0.6) is 0 Å². The summed E-state index contributed by atoms with van der Waals surface area (Å²) in [6.07, 6.45) is 5.02. The van der Waals surface area contributed by atoms with E-state index in [2.05, 4.69) is 25.6 Å². The molecule has 2 N–H and O–H groups in total. The summed E-state index contributed by atoms with van der Waals surface area (Å²) in [5.74, 6) is 0.399. The Morgan fingerprint density at radius 1 is 0.667 bits per heavy atom. The lowest BCUT2D eigenvalue weighted by Gasteiger charge is -2.10. The van der Waals surface area contributed by atoms with Gasteiger partial charge in [0.05, 0.1) is 28.0 Å². The molecule has 0 saturated heterocycles. The average molecular weight is 391 g/mol. The number of hydrogen-bond acceptors (Lipinski definition) is 5. The number of pyridine rings is 3. The third kappa shape index (κ3) is 3.42. The number of nitrogens with zero attached hydrogens (tertiary/aromatic N) is 3. The zero-order chi connectivity index (χ0) is 20.3. The first-order chi connectivity index (χ1) is 14.8. The van der Waals surface area contributed by atoms with Gasteiger partial charge in [-0.25, -0.2) is 4.98 Å². The van der Waals surface area contributed by atoms with Crippen molar-refractivity contribution >= 4 is 44.9 Å². The average Bonchev–Trinajstić information content (AvgIpc) is 2.80. The highest BCUT2D eigenvalue weighted by molar-refractivity contribution is 6.08. The second kappa shape index (κ2) is 7.60. The van der Waals surface area contributed by atoms with E-state index < -0.39 is 0 Å². The second-order valence-corrected chi connectivity index (χ2v) is 6.77. The number of aromatic nitrogens is 3. The summed E-state index contributed by atoms with van der Waals surface area (Å²) in [4.78, 5) is 25.9. The molecule has 30 heavy (non-hydrogen) atoms. The van der Waals surface area contributed by atoms with Gasteiger partial charge in [0.15, 0.2) is 0 Å². The zero-order valence-corrected chi connectivity index (χ0v) is 15.9. The predicted molar refractivity (Wildman–Crippen MR) is 119 cm³/mol. The summed E-state index contributed by atoms with van der Waals surface area (Å²) >= 11 is 0. The first kappa shape index (κ1) is 17.8. The molecular formula is C24H17N5O. The molecule has 6 nitrogen and oxygen atoms in total. The van der Waals surface area contributed by atoms with Gasteiger partial charge in [0.1, 0.15) is 5.82 Å². The lowest BCUT2D eigenvalue weighted by atomic mass is 10.2. The number of amides is 1. The zero-order valence-electron chi connectivity index (χ0n) is 15.9. The predicted octanol–water partition coefficient (Wildman–Crippen LogP) is 5.17. The van der Waals surface area contributed by atoms with Crippen LogP contribution in [0.4, 0.5) is 17.2 Å². The first-order valence-corrected chi connectivity index (χ1v) is 9.50. The summed E-state index contributed by atoms with van der Waals surface area (Å²) in [7, 11) is 0. The Hall–Kier alpha value is -4.32. The quantitative estimate of drug-likeness (QED) is 0.442. The summed E-state index contributed by atoms with van der Waals surface area (Å²) in [5, 5.41) is 8.21. The number of nitrogens with one attached hydrogen (secondary N) is 2. The molecule has 2 aromatic carbocycles. The Bertz CT molecular complexity index is 1350. The second-order valence-electron chi connectivity index (χ2n) is 6.77. The standard InChI is InChI=1S/C24H17N5O/c30-24(29-20-10-2-6-17-8-4-14-26-23(17)20)18-11-12-21(27-15-18)28-19-9-1-5-16-7-3-13-25-22(16)19/h1-15H,(H,27,28)(H,29,30). The van der Waals surface area contributed by atoms with E-state index in [-0.39, 0.29) is 5.91 Å². The van der Waals surface area contributed by atoms with Crippen molar-refractivity contribution < 1.29 is 4.79 Å². The Balaban J connectivity index is 1.36. The van der Waals surface area contributed by atoms with Crippen LogP contribution in [0.1, 0.15) is 10.4 Å². The van der Waals surface area contributed by atoms with E-state index in [0.717, 1.165) is 27.5 Å².